The predicted molar refractivity (Wildman–Crippen MR) is 96.3 cm³/mol. The molecule has 7 nitrogen and oxygen atoms in total. The molecule has 4 rings (SSSR count). The van der Waals surface area contributed by atoms with Gasteiger partial charge in [-0.1, -0.05) is 0 Å². The highest BCUT2D eigenvalue weighted by molar-refractivity contribution is 6.05. The number of nitrogens with one attached hydrogen (secondary N) is 2. The number of hydrogen-bond donors (Lipinski definition) is 2. The molecule has 2 N–H and O–H groups in total. The van der Waals surface area contributed by atoms with Gasteiger partial charge in [-0.15, -0.1) is 0 Å². The zero-order chi connectivity index (χ0) is 17.4. The third-order valence-corrected chi connectivity index (χ3v) is 4.31. The van der Waals surface area contributed by atoms with Gasteiger partial charge in [0, 0.05) is 24.3 Å². The smallest absolute Gasteiger partial charge is 0.255 e. The second-order valence-corrected chi connectivity index (χ2v) is 6.25. The van der Waals surface area contributed by atoms with Crippen molar-refractivity contribution in [2.75, 3.05) is 17.2 Å². The topological polar surface area (TPSA) is 76.8 Å². The van der Waals surface area contributed by atoms with Crippen LogP contribution in [0.5, 0.6) is 0 Å². The van der Waals surface area contributed by atoms with Crippen LogP contribution in [-0.2, 0) is 6.54 Å². The van der Waals surface area contributed by atoms with Crippen LogP contribution < -0.4 is 10.6 Å². The van der Waals surface area contributed by atoms with E-state index >= 15 is 0 Å². The Morgan fingerprint density at radius 2 is 2.04 bits per heavy atom. The van der Waals surface area contributed by atoms with Gasteiger partial charge in [-0.25, -0.2) is 9.36 Å². The Balaban J connectivity index is 1.53. The summed E-state index contributed by atoms with van der Waals surface area (Å²) in [6, 6.07) is 9.45. The molecule has 7 heteroatoms. The maximum absolute atomic E-state index is 12.5. The Labute approximate surface area is 145 Å². The largest absolute Gasteiger partial charge is 0.368 e. The molecule has 3 heterocycles. The zero-order valence-corrected chi connectivity index (χ0v) is 14.3. The lowest BCUT2D eigenvalue weighted by molar-refractivity contribution is 0.102. The normalized spacial score (nSPS) is 13.2. The van der Waals surface area contributed by atoms with Crippen LogP contribution in [0.1, 0.15) is 28.2 Å². The van der Waals surface area contributed by atoms with E-state index in [0.29, 0.717) is 11.3 Å². The van der Waals surface area contributed by atoms with Crippen LogP contribution in [0, 0.1) is 13.8 Å². The van der Waals surface area contributed by atoms with E-state index in [1.807, 2.05) is 53.5 Å². The maximum Gasteiger partial charge on any atom is 0.255 e. The standard InChI is InChI=1S/C18H20N6O/c1-12-10-13(2)24(22-12)15-6-4-14(5-7-15)18(25)21-16-11-20-23-9-3-8-19-17(16)23/h4-7,10-11,19H,3,8-9H2,1-2H3,(H,21,25). The molecule has 1 aliphatic heterocycles. The summed E-state index contributed by atoms with van der Waals surface area (Å²) in [6.45, 7) is 5.74. The molecule has 0 spiro atoms. The number of nitrogens with zero attached hydrogens (tertiary/aromatic N) is 4. The second kappa shape index (κ2) is 6.08. The van der Waals surface area contributed by atoms with Crippen molar-refractivity contribution in [3.8, 4) is 5.69 Å². The van der Waals surface area contributed by atoms with Gasteiger partial charge < -0.3 is 10.6 Å². The van der Waals surface area contributed by atoms with E-state index in [1.165, 1.54) is 0 Å². The minimum Gasteiger partial charge on any atom is -0.368 e. The summed E-state index contributed by atoms with van der Waals surface area (Å²) < 4.78 is 3.75. The molecule has 3 aromatic rings. The fourth-order valence-electron chi connectivity index (χ4n) is 3.11. The number of aryl methyl sites for hydroxylation is 3. The Morgan fingerprint density at radius 1 is 1.24 bits per heavy atom. The van der Waals surface area contributed by atoms with Crippen molar-refractivity contribution < 1.29 is 4.79 Å². The van der Waals surface area contributed by atoms with Crippen molar-refractivity contribution in [1.82, 2.24) is 19.6 Å². The maximum atomic E-state index is 12.5. The molecular weight excluding hydrogens is 316 g/mol. The summed E-state index contributed by atoms with van der Waals surface area (Å²) in [7, 11) is 0. The van der Waals surface area contributed by atoms with Gasteiger partial charge in [0.15, 0.2) is 0 Å². The molecule has 1 amide bonds. The SMILES string of the molecule is Cc1cc(C)n(-c2ccc(C(=O)Nc3cnn4c3NCCC4)cc2)n1. The van der Waals surface area contributed by atoms with E-state index in [-0.39, 0.29) is 5.91 Å². The van der Waals surface area contributed by atoms with Crippen molar-refractivity contribution >= 4 is 17.4 Å². The molecule has 128 valence electrons. The Hall–Kier alpha value is -3.09. The molecule has 0 radical (unpaired) electrons. The van der Waals surface area contributed by atoms with Gasteiger partial charge in [0.05, 0.1) is 17.6 Å². The van der Waals surface area contributed by atoms with E-state index < -0.39 is 0 Å². The van der Waals surface area contributed by atoms with Crippen molar-refractivity contribution in [1.29, 1.82) is 0 Å². The summed E-state index contributed by atoms with van der Waals surface area (Å²) >= 11 is 0. The number of aromatic nitrogens is 4. The summed E-state index contributed by atoms with van der Waals surface area (Å²) in [5.74, 6) is 0.724. The molecule has 0 bridgehead atoms. The van der Waals surface area contributed by atoms with Gasteiger partial charge in [0.1, 0.15) is 11.5 Å². The lowest BCUT2D eigenvalue weighted by Gasteiger charge is -2.17. The fraction of sp³-hybridized carbons (Fsp3) is 0.278. The predicted octanol–water partition coefficient (Wildman–Crippen LogP) is 2.75. The van der Waals surface area contributed by atoms with Gasteiger partial charge in [-0.05, 0) is 50.6 Å². The molecule has 0 saturated heterocycles. The van der Waals surface area contributed by atoms with Crippen molar-refractivity contribution in [3.63, 3.8) is 0 Å². The monoisotopic (exact) mass is 336 g/mol. The van der Waals surface area contributed by atoms with E-state index in [4.69, 9.17) is 0 Å². The number of benzene rings is 1. The highest BCUT2D eigenvalue weighted by atomic mass is 16.1. The first kappa shape index (κ1) is 15.4. The van der Waals surface area contributed by atoms with Crippen LogP contribution in [0.25, 0.3) is 5.69 Å². The molecule has 0 atom stereocenters. The number of rotatable bonds is 3. The molecule has 0 unspecified atom stereocenters. The summed E-state index contributed by atoms with van der Waals surface area (Å²) in [4.78, 5) is 12.5. The highest BCUT2D eigenvalue weighted by Crippen LogP contribution is 2.25. The van der Waals surface area contributed by atoms with E-state index in [1.54, 1.807) is 6.20 Å². The van der Waals surface area contributed by atoms with Gasteiger partial charge >= 0.3 is 0 Å². The van der Waals surface area contributed by atoms with Crippen molar-refractivity contribution in [2.24, 2.45) is 0 Å². The lowest BCUT2D eigenvalue weighted by Crippen LogP contribution is -2.19. The quantitative estimate of drug-likeness (QED) is 0.771. The van der Waals surface area contributed by atoms with Crippen LogP contribution in [0.15, 0.2) is 36.5 Å². The lowest BCUT2D eigenvalue weighted by atomic mass is 10.2. The third-order valence-electron chi connectivity index (χ3n) is 4.31. The number of carbonyl (C=O) groups is 1. The molecule has 2 aromatic heterocycles. The number of hydrogen-bond acceptors (Lipinski definition) is 4. The van der Waals surface area contributed by atoms with Gasteiger partial charge in [-0.3, -0.25) is 4.79 Å². The third kappa shape index (κ3) is 2.88. The molecule has 1 aliphatic rings. The van der Waals surface area contributed by atoms with Gasteiger partial charge in [0.2, 0.25) is 0 Å². The second-order valence-electron chi connectivity index (χ2n) is 6.25. The van der Waals surface area contributed by atoms with Crippen LogP contribution >= 0.6 is 0 Å². The fourth-order valence-corrected chi connectivity index (χ4v) is 3.11. The summed E-state index contributed by atoms with van der Waals surface area (Å²) in [5, 5.41) is 15.0. The minimum absolute atomic E-state index is 0.150. The van der Waals surface area contributed by atoms with Crippen molar-refractivity contribution in [3.05, 3.63) is 53.5 Å². The van der Waals surface area contributed by atoms with Crippen LogP contribution in [0.3, 0.4) is 0 Å². The van der Waals surface area contributed by atoms with Crippen molar-refractivity contribution in [2.45, 2.75) is 26.8 Å². The average Bonchev–Trinajstić information content (AvgIpc) is 3.18. The molecule has 0 aliphatic carbocycles. The Kier molecular flexibility index (Phi) is 3.76. The minimum atomic E-state index is -0.150. The highest BCUT2D eigenvalue weighted by Gasteiger charge is 2.16. The molecule has 0 fully saturated rings. The van der Waals surface area contributed by atoms with Crippen LogP contribution in [-0.4, -0.2) is 32.0 Å². The van der Waals surface area contributed by atoms with Gasteiger partial charge in [0.25, 0.3) is 5.91 Å². The summed E-state index contributed by atoms with van der Waals surface area (Å²) in [6.07, 6.45) is 2.73. The molecule has 1 aromatic carbocycles. The number of carbonyl (C=O) groups excluding carboxylic acids is 1. The number of amides is 1. The van der Waals surface area contributed by atoms with E-state index in [9.17, 15) is 4.79 Å². The average molecular weight is 336 g/mol. The number of fused-ring (bicyclic) bond motifs is 1. The van der Waals surface area contributed by atoms with Gasteiger partial charge in [-0.2, -0.15) is 10.2 Å². The molecule has 0 saturated carbocycles. The van der Waals surface area contributed by atoms with Crippen LogP contribution in [0.4, 0.5) is 11.5 Å². The Morgan fingerprint density at radius 3 is 2.76 bits per heavy atom. The first-order valence-corrected chi connectivity index (χ1v) is 8.36. The van der Waals surface area contributed by atoms with Crippen LogP contribution in [0.2, 0.25) is 0 Å². The van der Waals surface area contributed by atoms with E-state index in [2.05, 4.69) is 20.8 Å². The molecular formula is C18H20N6O. The Bertz CT molecular complexity index is 922. The summed E-state index contributed by atoms with van der Waals surface area (Å²) in [5.41, 5.74) is 4.28. The number of anilines is 2. The first-order chi connectivity index (χ1) is 12.1. The van der Waals surface area contributed by atoms with E-state index in [0.717, 1.165) is 42.4 Å². The first-order valence-electron chi connectivity index (χ1n) is 8.36. The molecule has 25 heavy (non-hydrogen) atoms. The zero-order valence-electron chi connectivity index (χ0n) is 14.3.